The second-order valence-corrected chi connectivity index (χ2v) is 42.5. The van der Waals surface area contributed by atoms with Crippen LogP contribution in [0.5, 0.6) is 0 Å². The van der Waals surface area contributed by atoms with Crippen molar-refractivity contribution in [3.63, 3.8) is 0 Å². The Morgan fingerprint density at radius 1 is 0.211 bits per heavy atom. The molecule has 13 heteroatoms. The first-order chi connectivity index (χ1) is 46.7. The average Bonchev–Trinajstić information content (AvgIpc) is 0.714. The molecule has 7 nitrogen and oxygen atoms in total. The molecular weight excluding hydrogens is 1270 g/mol. The van der Waals surface area contributed by atoms with Crippen LogP contribution in [0.25, 0.3) is 0 Å². The van der Waals surface area contributed by atoms with E-state index in [0.717, 1.165) is 57.1 Å². The van der Waals surface area contributed by atoms with Gasteiger partial charge in [0.15, 0.2) is 0 Å². The molecule has 0 heterocycles. The van der Waals surface area contributed by atoms with Crippen LogP contribution < -0.4 is 67.4 Å². The van der Waals surface area contributed by atoms with E-state index in [1.54, 1.807) is 6.92 Å². The summed E-state index contributed by atoms with van der Waals surface area (Å²) >= 11 is 0. The summed E-state index contributed by atoms with van der Waals surface area (Å²) < 4.78 is 52.6. The van der Waals surface area contributed by atoms with Crippen LogP contribution in [0.2, 0.25) is 0 Å². The highest BCUT2D eigenvalue weighted by molar-refractivity contribution is 7.17. The van der Waals surface area contributed by atoms with Gasteiger partial charge in [-0.2, -0.15) is 0 Å². The zero-order valence-electron chi connectivity index (χ0n) is 52.6. The van der Waals surface area contributed by atoms with E-state index in [9.17, 15) is 8.23 Å². The third-order valence-corrected chi connectivity index (χ3v) is 43.5. The number of hydrogen-bond donors (Lipinski definition) is 0. The topological polar surface area (TPSA) is 72.5 Å². The van der Waals surface area contributed by atoms with Crippen LogP contribution in [0, 0.1) is 0 Å². The number of benzene rings is 13. The molecular formula is C82H70O7Si6. The van der Waals surface area contributed by atoms with Gasteiger partial charge in [0.25, 0.3) is 8.32 Å². The molecule has 0 unspecified atom stereocenters. The maximum atomic E-state index is 15.0. The molecule has 13 aromatic carbocycles. The Morgan fingerprint density at radius 3 is 0.516 bits per heavy atom. The summed E-state index contributed by atoms with van der Waals surface area (Å²) in [4.78, 5) is 15.0. The van der Waals surface area contributed by atoms with Gasteiger partial charge in [-0.15, -0.1) is 0 Å². The van der Waals surface area contributed by atoms with Gasteiger partial charge in [-0.1, -0.05) is 401 Å². The Bertz CT molecular complexity index is 4280. The molecule has 0 saturated heterocycles. The van der Waals surface area contributed by atoms with E-state index in [4.69, 9.17) is 16.8 Å². The summed E-state index contributed by atoms with van der Waals surface area (Å²) in [6.45, 7) is 5.84. The number of hydrogen-bond acceptors (Lipinski definition) is 7. The van der Waals surface area contributed by atoms with Crippen molar-refractivity contribution in [3.8, 4) is 0 Å². The molecule has 0 aromatic heterocycles. The highest BCUT2D eigenvalue weighted by atomic mass is 28.5. The first-order valence-electron chi connectivity index (χ1n) is 31.8. The van der Waals surface area contributed by atoms with Crippen LogP contribution >= 0.6 is 0 Å². The second kappa shape index (κ2) is 28.8. The Hall–Kier alpha value is -9.83. The van der Waals surface area contributed by atoms with Gasteiger partial charge in [-0.25, -0.2) is 4.79 Å². The minimum Gasteiger partial charge on any atom is -0.484 e. The minimum absolute atomic E-state index is 0.217. The van der Waals surface area contributed by atoms with Gasteiger partial charge in [0.1, 0.15) is 0 Å². The molecule has 0 N–H and O–H groups in total. The fraction of sp³-hybridized carbons (Fsp3) is 0.0122. The minimum atomic E-state index is -4.75. The van der Waals surface area contributed by atoms with E-state index in [0.29, 0.717) is 10.4 Å². The first kappa shape index (κ1) is 63.9. The maximum Gasteiger partial charge on any atom is 0.462 e. The Labute approximate surface area is 563 Å². The van der Waals surface area contributed by atoms with Crippen molar-refractivity contribution in [2.45, 2.75) is 6.92 Å². The van der Waals surface area contributed by atoms with Crippen LogP contribution in [0.3, 0.4) is 0 Å². The van der Waals surface area contributed by atoms with E-state index >= 15 is 4.79 Å². The molecule has 464 valence electrons. The molecule has 95 heavy (non-hydrogen) atoms. The second-order valence-electron chi connectivity index (χ2n) is 23.2. The molecule has 0 radical (unpaired) electrons. The van der Waals surface area contributed by atoms with Crippen LogP contribution in [-0.2, 0) is 29.8 Å². The molecule has 0 bridgehead atoms. The van der Waals surface area contributed by atoms with Crippen molar-refractivity contribution in [3.05, 3.63) is 406 Å². The maximum absolute atomic E-state index is 15.0. The van der Waals surface area contributed by atoms with Crippen molar-refractivity contribution in [2.75, 3.05) is 0 Å². The van der Waals surface area contributed by atoms with Gasteiger partial charge in [-0.3, -0.25) is 0 Å². The lowest BCUT2D eigenvalue weighted by Crippen LogP contribution is -2.86. The van der Waals surface area contributed by atoms with E-state index in [2.05, 4.69) is 255 Å². The fourth-order valence-electron chi connectivity index (χ4n) is 12.6. The monoisotopic (exact) mass is 1330 g/mol. The lowest BCUT2D eigenvalue weighted by molar-refractivity contribution is -0.131. The Kier molecular flexibility index (Phi) is 19.4. The van der Waals surface area contributed by atoms with Crippen molar-refractivity contribution in [1.82, 2.24) is 0 Å². The molecule has 0 fully saturated rings. The average molecular weight is 1340 g/mol. The van der Waals surface area contributed by atoms with Gasteiger partial charge in [0.2, 0.25) is 0 Å². The summed E-state index contributed by atoms with van der Waals surface area (Å²) in [6, 6.07) is 135. The van der Waals surface area contributed by atoms with Crippen molar-refractivity contribution in [2.24, 2.45) is 0 Å². The molecule has 13 rings (SSSR count). The van der Waals surface area contributed by atoms with E-state index in [-0.39, 0.29) is 5.57 Å². The largest absolute Gasteiger partial charge is 0.484 e. The summed E-state index contributed by atoms with van der Waals surface area (Å²) in [5.41, 5.74) is 0.217. The molecule has 13 aromatic rings. The zero-order valence-corrected chi connectivity index (χ0v) is 58.6. The van der Waals surface area contributed by atoms with Crippen LogP contribution in [0.4, 0.5) is 0 Å². The lowest BCUT2D eigenvalue weighted by atomic mass is 10.3. The molecule has 0 aliphatic rings. The Morgan fingerprint density at radius 2 is 0.347 bits per heavy atom. The van der Waals surface area contributed by atoms with Crippen LogP contribution in [-0.4, -0.2) is 57.1 Å². The highest BCUT2D eigenvalue weighted by Crippen LogP contribution is 2.32. The number of rotatable bonds is 25. The SMILES string of the molecule is C=C(C)C(=O)O[Si](O[Si](O[Si](O[Si](O[Si](O[Si](c1ccccc1)(c1ccccc1)c1ccccc1)(c1ccccc1)c1ccccc1)(c1ccccc1)c1ccccc1)(c1ccccc1)c1ccccc1)(c1ccccc1)c1ccccc1)(c1ccccc1)c1ccccc1. The smallest absolute Gasteiger partial charge is 0.462 e. The quantitative estimate of drug-likeness (QED) is 0.0322. The van der Waals surface area contributed by atoms with Crippen molar-refractivity contribution in [1.29, 1.82) is 0 Å². The van der Waals surface area contributed by atoms with Gasteiger partial charge in [-0.05, 0) is 64.0 Å². The zero-order chi connectivity index (χ0) is 64.9. The van der Waals surface area contributed by atoms with E-state index in [1.807, 2.05) is 146 Å². The van der Waals surface area contributed by atoms with Gasteiger partial charge < -0.3 is 25.0 Å². The van der Waals surface area contributed by atoms with Crippen LogP contribution in [0.1, 0.15) is 6.92 Å². The molecule has 0 aliphatic carbocycles. The summed E-state index contributed by atoms with van der Waals surface area (Å²) in [5.74, 6) is -0.600. The first-order valence-corrected chi connectivity index (χ1v) is 42.8. The summed E-state index contributed by atoms with van der Waals surface area (Å²) in [6.07, 6.45) is 0. The van der Waals surface area contributed by atoms with Crippen molar-refractivity contribution < 1.29 is 29.8 Å². The molecule has 0 spiro atoms. The third-order valence-electron chi connectivity index (χ3n) is 17.1. The number of carbonyl (C=O) groups is 1. The molecule has 0 amide bonds. The van der Waals surface area contributed by atoms with Crippen molar-refractivity contribution >= 4 is 125 Å². The van der Waals surface area contributed by atoms with Crippen LogP contribution in [0.15, 0.2) is 406 Å². The Balaban J connectivity index is 1.19. The predicted octanol–water partition coefficient (Wildman–Crippen LogP) is 9.14. The molecule has 0 atom stereocenters. The number of carbonyl (C=O) groups excluding carboxylic acids is 1. The van der Waals surface area contributed by atoms with E-state index in [1.165, 1.54) is 0 Å². The third kappa shape index (κ3) is 12.7. The summed E-state index contributed by atoms with van der Waals surface area (Å²) in [5, 5.41) is 10.8. The fourth-order valence-corrected chi connectivity index (χ4v) is 44.7. The van der Waals surface area contributed by atoms with Gasteiger partial charge >= 0.3 is 48.8 Å². The van der Waals surface area contributed by atoms with E-state index < -0.39 is 57.1 Å². The summed E-state index contributed by atoms with van der Waals surface area (Å²) in [7, 11) is -26.9. The van der Waals surface area contributed by atoms with Gasteiger partial charge in [0.05, 0.1) is 0 Å². The highest BCUT2D eigenvalue weighted by Gasteiger charge is 2.66. The lowest BCUT2D eigenvalue weighted by Gasteiger charge is -2.50. The standard InChI is InChI=1S/C82H70O7Si6/c1-68(2)82(83)84-91(72-48-22-6-23-49-72,73-50-24-7-25-51-73)86-93(76-56-30-10-31-57-76,77-58-32-11-33-59-77)88-95(80-64-38-14-39-65-80,81-66-40-15-41-67-81)89-94(78-60-34-12-35-61-78,79-62-36-13-37-63-79)87-92(74-52-26-8-27-53-74,75-54-28-9-29-55-75)85-90(69-42-16-3-17-43-69,70-44-18-4-19-45-70)71-46-20-5-21-47-71/h3-67H,1H2,2H3. The molecule has 0 aliphatic heterocycles. The predicted molar refractivity (Wildman–Crippen MR) is 400 cm³/mol. The molecule has 0 saturated carbocycles. The normalized spacial score (nSPS) is 12.1. The van der Waals surface area contributed by atoms with Gasteiger partial charge in [0, 0.05) is 15.9 Å².